The molecule has 4 fully saturated rings. The van der Waals surface area contributed by atoms with E-state index < -0.39 is 23.4 Å². The Balaban J connectivity index is 0.000000589. The molecule has 0 amide bonds. The van der Waals surface area contributed by atoms with E-state index in [9.17, 15) is 24.9 Å². The van der Waals surface area contributed by atoms with E-state index in [0.29, 0.717) is 12.3 Å². The molecular weight excluding hydrogens is 380 g/mol. The van der Waals surface area contributed by atoms with Crippen LogP contribution in [0.5, 0.6) is 0 Å². The van der Waals surface area contributed by atoms with Gasteiger partial charge in [0.05, 0.1) is 6.10 Å². The van der Waals surface area contributed by atoms with Gasteiger partial charge in [-0.3, -0.25) is 9.59 Å². The Morgan fingerprint density at radius 2 is 1.77 bits per heavy atom. The van der Waals surface area contributed by atoms with Crippen LogP contribution in [0.25, 0.3) is 0 Å². The van der Waals surface area contributed by atoms with Crippen molar-refractivity contribution in [2.45, 2.75) is 90.8 Å². The predicted octanol–water partition coefficient (Wildman–Crippen LogP) is 3.44. The van der Waals surface area contributed by atoms with Crippen LogP contribution in [-0.2, 0) is 9.59 Å². The summed E-state index contributed by atoms with van der Waals surface area (Å²) in [5.74, 6) is 0.380. The Labute approximate surface area is 180 Å². The van der Waals surface area contributed by atoms with Crippen molar-refractivity contribution in [2.75, 3.05) is 6.61 Å². The second kappa shape index (κ2) is 8.14. The molecule has 4 aliphatic rings. The molecule has 0 aliphatic heterocycles. The number of hydrogen-bond donors (Lipinski definition) is 3. The van der Waals surface area contributed by atoms with Crippen LogP contribution in [0, 0.1) is 34.5 Å². The Kier molecular flexibility index (Phi) is 6.41. The Morgan fingerprint density at radius 3 is 2.37 bits per heavy atom. The first-order valence-electron chi connectivity index (χ1n) is 11.6. The van der Waals surface area contributed by atoms with Gasteiger partial charge in [0.2, 0.25) is 0 Å². The SMILES string of the molecule is C=C(C)C.C[C@]12CC[C@@H](O)C[C@H]1CC[C@@H]1[C@@H]2C(=O)C[C@@]2(C)[C@H]1CC[C@]2(O)C(=O)CO. The van der Waals surface area contributed by atoms with Crippen LogP contribution in [0.15, 0.2) is 12.2 Å². The molecule has 0 aromatic heterocycles. The van der Waals surface area contributed by atoms with Gasteiger partial charge in [0.25, 0.3) is 0 Å². The molecule has 5 heteroatoms. The van der Waals surface area contributed by atoms with Crippen molar-refractivity contribution in [3.8, 4) is 0 Å². The number of carbonyl (C=O) groups excluding carboxylic acids is 2. The fourth-order valence-electron chi connectivity index (χ4n) is 7.64. The van der Waals surface area contributed by atoms with Gasteiger partial charge in [-0.05, 0) is 82.0 Å². The molecule has 0 heterocycles. The lowest BCUT2D eigenvalue weighted by Gasteiger charge is -2.60. The van der Waals surface area contributed by atoms with E-state index in [0.717, 1.165) is 38.5 Å². The Bertz CT molecular complexity index is 712. The molecule has 170 valence electrons. The number of rotatable bonds is 2. The van der Waals surface area contributed by atoms with Crippen LogP contribution in [0.1, 0.15) is 79.1 Å². The average Bonchev–Trinajstić information content (AvgIpc) is 2.92. The summed E-state index contributed by atoms with van der Waals surface area (Å²) >= 11 is 0. The largest absolute Gasteiger partial charge is 0.393 e. The zero-order valence-corrected chi connectivity index (χ0v) is 19.1. The molecular formula is C25H40O5. The van der Waals surface area contributed by atoms with E-state index >= 15 is 0 Å². The monoisotopic (exact) mass is 420 g/mol. The minimum Gasteiger partial charge on any atom is -0.393 e. The van der Waals surface area contributed by atoms with Gasteiger partial charge in [-0.25, -0.2) is 0 Å². The lowest BCUT2D eigenvalue weighted by atomic mass is 9.44. The fraction of sp³-hybridized carbons (Fsp3) is 0.840. The molecule has 0 spiro atoms. The van der Waals surface area contributed by atoms with Gasteiger partial charge in [-0.2, -0.15) is 0 Å². The maximum atomic E-state index is 13.4. The summed E-state index contributed by atoms with van der Waals surface area (Å²) in [5.41, 5.74) is -1.24. The van der Waals surface area contributed by atoms with Gasteiger partial charge in [0, 0.05) is 17.8 Å². The molecule has 8 atom stereocenters. The number of hydrogen-bond acceptors (Lipinski definition) is 5. The summed E-state index contributed by atoms with van der Waals surface area (Å²) < 4.78 is 0. The number of aliphatic hydroxyl groups is 3. The van der Waals surface area contributed by atoms with E-state index in [2.05, 4.69) is 13.5 Å². The van der Waals surface area contributed by atoms with Crippen molar-refractivity contribution in [1.82, 2.24) is 0 Å². The summed E-state index contributed by atoms with van der Waals surface area (Å²) in [5, 5.41) is 30.6. The first-order chi connectivity index (χ1) is 13.9. The molecule has 0 unspecified atom stereocenters. The van der Waals surface area contributed by atoms with Gasteiger partial charge in [-0.1, -0.05) is 19.4 Å². The first-order valence-corrected chi connectivity index (χ1v) is 11.6. The first kappa shape index (κ1) is 23.6. The van der Waals surface area contributed by atoms with Gasteiger partial charge in [-0.15, -0.1) is 6.58 Å². The standard InChI is InChI=1S/C21H32O5.C4H8/c1-19-7-5-13(23)9-12(19)3-4-14-15-6-8-21(26,17(25)11-22)20(15,2)10-16(24)18(14)19;1-4(2)3/h12-15,18,22-23,26H,3-11H2,1-2H3;1H2,2-3H3/t12-,13-,14+,15+,18-,19+,20+,21+;/m1./s1. The van der Waals surface area contributed by atoms with Gasteiger partial charge < -0.3 is 15.3 Å². The van der Waals surface area contributed by atoms with Gasteiger partial charge >= 0.3 is 0 Å². The predicted molar refractivity (Wildman–Crippen MR) is 116 cm³/mol. The second-order valence-corrected chi connectivity index (χ2v) is 11.2. The van der Waals surface area contributed by atoms with Crippen LogP contribution in [0.4, 0.5) is 0 Å². The smallest absolute Gasteiger partial charge is 0.190 e. The fourth-order valence-corrected chi connectivity index (χ4v) is 7.64. The number of carbonyl (C=O) groups is 2. The van der Waals surface area contributed by atoms with E-state index in [-0.39, 0.29) is 41.5 Å². The van der Waals surface area contributed by atoms with Crippen molar-refractivity contribution in [3.63, 3.8) is 0 Å². The summed E-state index contributed by atoms with van der Waals surface area (Å²) in [4.78, 5) is 25.7. The molecule has 4 rings (SSSR count). The van der Waals surface area contributed by atoms with Gasteiger partial charge in [0.15, 0.2) is 5.78 Å². The zero-order chi connectivity index (χ0) is 22.5. The molecule has 0 aromatic carbocycles. The maximum absolute atomic E-state index is 13.4. The number of Topliss-reactive ketones (excluding diaryl/α,β-unsaturated/α-hetero) is 2. The van der Waals surface area contributed by atoms with Crippen LogP contribution in [0.2, 0.25) is 0 Å². The third kappa shape index (κ3) is 3.51. The summed E-state index contributed by atoms with van der Waals surface area (Å²) in [7, 11) is 0. The summed E-state index contributed by atoms with van der Waals surface area (Å²) in [6.07, 6.45) is 5.47. The lowest BCUT2D eigenvalue weighted by molar-refractivity contribution is -0.180. The Hall–Kier alpha value is -1.04. The number of ketones is 2. The van der Waals surface area contributed by atoms with Gasteiger partial charge in [0.1, 0.15) is 18.0 Å². The number of aliphatic hydroxyl groups excluding tert-OH is 2. The van der Waals surface area contributed by atoms with E-state index in [1.807, 2.05) is 20.8 Å². The molecule has 4 saturated carbocycles. The summed E-state index contributed by atoms with van der Waals surface area (Å²) in [6, 6.07) is 0. The topological polar surface area (TPSA) is 94.8 Å². The molecule has 0 saturated heterocycles. The lowest BCUT2D eigenvalue weighted by Crippen LogP contribution is -2.62. The molecule has 30 heavy (non-hydrogen) atoms. The third-order valence-corrected chi connectivity index (χ3v) is 9.08. The molecule has 5 nitrogen and oxygen atoms in total. The molecule has 0 aromatic rings. The average molecular weight is 421 g/mol. The quantitative estimate of drug-likeness (QED) is 0.595. The maximum Gasteiger partial charge on any atom is 0.190 e. The van der Waals surface area contributed by atoms with Crippen molar-refractivity contribution in [3.05, 3.63) is 12.2 Å². The molecule has 0 radical (unpaired) electrons. The van der Waals surface area contributed by atoms with E-state index in [1.165, 1.54) is 5.57 Å². The zero-order valence-electron chi connectivity index (χ0n) is 19.1. The van der Waals surface area contributed by atoms with Crippen LogP contribution < -0.4 is 0 Å². The van der Waals surface area contributed by atoms with Crippen molar-refractivity contribution >= 4 is 11.6 Å². The highest BCUT2D eigenvalue weighted by Gasteiger charge is 2.68. The molecule has 0 bridgehead atoms. The van der Waals surface area contributed by atoms with Crippen molar-refractivity contribution in [1.29, 1.82) is 0 Å². The van der Waals surface area contributed by atoms with E-state index in [4.69, 9.17) is 0 Å². The van der Waals surface area contributed by atoms with Crippen LogP contribution in [0.3, 0.4) is 0 Å². The Morgan fingerprint density at radius 1 is 1.13 bits per heavy atom. The number of allylic oxidation sites excluding steroid dienone is 1. The van der Waals surface area contributed by atoms with Crippen molar-refractivity contribution in [2.24, 2.45) is 34.5 Å². The van der Waals surface area contributed by atoms with Crippen LogP contribution in [-0.4, -0.2) is 45.2 Å². The third-order valence-electron chi connectivity index (χ3n) is 9.08. The van der Waals surface area contributed by atoms with Crippen molar-refractivity contribution < 1.29 is 24.9 Å². The molecule has 4 aliphatic carbocycles. The highest BCUT2D eigenvalue weighted by atomic mass is 16.3. The minimum absolute atomic E-state index is 0.0154. The highest BCUT2D eigenvalue weighted by molar-refractivity contribution is 5.92. The summed E-state index contributed by atoms with van der Waals surface area (Å²) in [6.45, 7) is 11.0. The number of fused-ring (bicyclic) bond motifs is 5. The normalized spacial score (nSPS) is 47.3. The van der Waals surface area contributed by atoms with Crippen LogP contribution >= 0.6 is 0 Å². The van der Waals surface area contributed by atoms with E-state index in [1.54, 1.807) is 0 Å². The second-order valence-electron chi connectivity index (χ2n) is 11.2. The highest BCUT2D eigenvalue weighted by Crippen LogP contribution is 2.67. The minimum atomic E-state index is -1.58. The molecule has 3 N–H and O–H groups in total.